The Bertz CT molecular complexity index is 222. The zero-order valence-corrected chi connectivity index (χ0v) is 11.4. The van der Waals surface area contributed by atoms with Crippen LogP contribution in [0.25, 0.3) is 0 Å². The quantitative estimate of drug-likeness (QED) is 0.445. The van der Waals surface area contributed by atoms with Crippen LogP contribution in [0.1, 0.15) is 52.4 Å². The van der Waals surface area contributed by atoms with Crippen LogP contribution in [-0.2, 0) is 4.79 Å². The summed E-state index contributed by atoms with van der Waals surface area (Å²) in [5, 5.41) is 8.63. The van der Waals surface area contributed by atoms with Gasteiger partial charge in [0.05, 0.1) is 0 Å². The van der Waals surface area contributed by atoms with Gasteiger partial charge < -0.3 is 10.0 Å². The van der Waals surface area contributed by atoms with Gasteiger partial charge in [-0.3, -0.25) is 0 Å². The van der Waals surface area contributed by atoms with E-state index in [1.165, 1.54) is 25.8 Å². The number of nitrogens with zero attached hydrogens (tertiary/aromatic N) is 1. The van der Waals surface area contributed by atoms with E-state index < -0.39 is 5.97 Å². The summed E-state index contributed by atoms with van der Waals surface area (Å²) in [4.78, 5) is 12.9. The average Bonchev–Trinajstić information content (AvgIpc) is 2.32. The molecule has 0 unspecified atom stereocenters. The molecule has 0 aliphatic carbocycles. The van der Waals surface area contributed by atoms with Crippen molar-refractivity contribution in [1.29, 1.82) is 0 Å². The number of hydrogen-bond acceptors (Lipinski definition) is 2. The lowest BCUT2D eigenvalue weighted by Crippen LogP contribution is -2.23. The highest BCUT2D eigenvalue weighted by Crippen LogP contribution is 2.10. The summed E-state index contributed by atoms with van der Waals surface area (Å²) in [6.07, 6.45) is 6.40. The van der Waals surface area contributed by atoms with Crippen LogP contribution in [0.3, 0.4) is 0 Å². The number of unbranched alkanes of at least 4 members (excludes halogenated alkanes) is 4. The summed E-state index contributed by atoms with van der Waals surface area (Å²) in [5.74, 6) is -0.855. The average molecular weight is 241 g/mol. The number of rotatable bonds is 11. The molecule has 1 N–H and O–H groups in total. The van der Waals surface area contributed by atoms with Gasteiger partial charge in [0.1, 0.15) is 0 Å². The Hall–Kier alpha value is -0.830. The minimum atomic E-state index is -0.855. The van der Waals surface area contributed by atoms with Crippen LogP contribution in [0.4, 0.5) is 0 Å². The second-order valence-electron chi connectivity index (χ2n) is 4.45. The van der Waals surface area contributed by atoms with Crippen LogP contribution >= 0.6 is 0 Å². The molecule has 0 rings (SSSR count). The standard InChI is InChI=1S/C14H27NO2/c1-4-15(5-2)12-10-8-6-7-9-11-13(3)14(16)17/h3-12H2,1-2H3,(H,16,17). The second-order valence-corrected chi connectivity index (χ2v) is 4.45. The number of carboxylic acid groups (broad SMARTS) is 1. The Morgan fingerprint density at radius 2 is 1.59 bits per heavy atom. The van der Waals surface area contributed by atoms with E-state index in [0.717, 1.165) is 25.9 Å². The number of aliphatic carboxylic acids is 1. The van der Waals surface area contributed by atoms with Gasteiger partial charge in [-0.05, 0) is 38.9 Å². The van der Waals surface area contributed by atoms with E-state index in [-0.39, 0.29) is 0 Å². The van der Waals surface area contributed by atoms with Crippen molar-refractivity contribution in [3.05, 3.63) is 12.2 Å². The van der Waals surface area contributed by atoms with E-state index in [4.69, 9.17) is 5.11 Å². The number of carboxylic acids is 1. The third kappa shape index (κ3) is 8.93. The largest absolute Gasteiger partial charge is 0.478 e. The van der Waals surface area contributed by atoms with E-state index in [1.807, 2.05) is 0 Å². The Morgan fingerprint density at radius 3 is 2.12 bits per heavy atom. The molecule has 100 valence electrons. The maximum absolute atomic E-state index is 10.5. The molecule has 0 aromatic rings. The van der Waals surface area contributed by atoms with Crippen molar-refractivity contribution in [1.82, 2.24) is 4.90 Å². The first kappa shape index (κ1) is 16.2. The molecule has 0 saturated carbocycles. The molecule has 0 spiro atoms. The lowest BCUT2D eigenvalue weighted by molar-refractivity contribution is -0.132. The summed E-state index contributed by atoms with van der Waals surface area (Å²) in [7, 11) is 0. The zero-order chi connectivity index (χ0) is 13.1. The van der Waals surface area contributed by atoms with Gasteiger partial charge >= 0.3 is 5.97 Å². The minimum Gasteiger partial charge on any atom is -0.478 e. The molecule has 0 radical (unpaired) electrons. The van der Waals surface area contributed by atoms with Crippen LogP contribution in [0.2, 0.25) is 0 Å². The smallest absolute Gasteiger partial charge is 0.330 e. The zero-order valence-electron chi connectivity index (χ0n) is 11.4. The fourth-order valence-corrected chi connectivity index (χ4v) is 1.85. The van der Waals surface area contributed by atoms with Gasteiger partial charge in [0, 0.05) is 5.57 Å². The molecule has 0 aromatic carbocycles. The van der Waals surface area contributed by atoms with E-state index in [9.17, 15) is 4.79 Å². The molecule has 0 aromatic heterocycles. The highest BCUT2D eigenvalue weighted by molar-refractivity contribution is 5.85. The lowest BCUT2D eigenvalue weighted by atomic mass is 10.1. The van der Waals surface area contributed by atoms with Gasteiger partial charge in [-0.15, -0.1) is 0 Å². The highest BCUT2D eigenvalue weighted by Gasteiger charge is 2.03. The Labute approximate surface area is 106 Å². The fourth-order valence-electron chi connectivity index (χ4n) is 1.85. The van der Waals surface area contributed by atoms with E-state index >= 15 is 0 Å². The molecule has 0 amide bonds. The van der Waals surface area contributed by atoms with E-state index in [2.05, 4.69) is 25.3 Å². The van der Waals surface area contributed by atoms with Gasteiger partial charge in [-0.25, -0.2) is 4.79 Å². The minimum absolute atomic E-state index is 0.341. The van der Waals surface area contributed by atoms with E-state index in [0.29, 0.717) is 12.0 Å². The molecule has 17 heavy (non-hydrogen) atoms. The molecule has 0 bridgehead atoms. The Kier molecular flexibility index (Phi) is 9.83. The first-order valence-corrected chi connectivity index (χ1v) is 6.75. The molecule has 0 atom stereocenters. The summed E-state index contributed by atoms with van der Waals surface area (Å²) >= 11 is 0. The first-order chi connectivity index (χ1) is 8.11. The van der Waals surface area contributed by atoms with Gasteiger partial charge in [-0.2, -0.15) is 0 Å². The third-order valence-corrected chi connectivity index (χ3v) is 3.15. The first-order valence-electron chi connectivity index (χ1n) is 6.75. The van der Waals surface area contributed by atoms with Gasteiger partial charge in [0.2, 0.25) is 0 Å². The van der Waals surface area contributed by atoms with Crippen molar-refractivity contribution in [2.45, 2.75) is 52.4 Å². The van der Waals surface area contributed by atoms with Crippen LogP contribution in [0.5, 0.6) is 0 Å². The van der Waals surface area contributed by atoms with E-state index in [1.54, 1.807) is 0 Å². The van der Waals surface area contributed by atoms with Crippen molar-refractivity contribution in [2.24, 2.45) is 0 Å². The molecular formula is C14H27NO2. The topological polar surface area (TPSA) is 40.5 Å². The SMILES string of the molecule is C=C(CCCCCCCN(CC)CC)C(=O)O. The normalized spacial score (nSPS) is 10.8. The molecule has 0 aliphatic heterocycles. The number of hydrogen-bond donors (Lipinski definition) is 1. The Balaban J connectivity index is 3.29. The van der Waals surface area contributed by atoms with Crippen molar-refractivity contribution in [3.8, 4) is 0 Å². The number of carbonyl (C=O) groups is 1. The molecule has 0 aliphatic rings. The van der Waals surface area contributed by atoms with Crippen LogP contribution in [0.15, 0.2) is 12.2 Å². The molecular weight excluding hydrogens is 214 g/mol. The maximum Gasteiger partial charge on any atom is 0.330 e. The summed E-state index contributed by atoms with van der Waals surface area (Å²) in [6.45, 7) is 11.4. The fraction of sp³-hybridized carbons (Fsp3) is 0.786. The van der Waals surface area contributed by atoms with Crippen molar-refractivity contribution < 1.29 is 9.90 Å². The summed E-state index contributed by atoms with van der Waals surface area (Å²) in [5.41, 5.74) is 0.341. The molecule has 0 saturated heterocycles. The summed E-state index contributed by atoms with van der Waals surface area (Å²) < 4.78 is 0. The monoisotopic (exact) mass is 241 g/mol. The maximum atomic E-state index is 10.5. The Morgan fingerprint density at radius 1 is 1.06 bits per heavy atom. The third-order valence-electron chi connectivity index (χ3n) is 3.15. The summed E-state index contributed by atoms with van der Waals surface area (Å²) in [6, 6.07) is 0. The van der Waals surface area contributed by atoms with Crippen LogP contribution in [0, 0.1) is 0 Å². The van der Waals surface area contributed by atoms with Crippen molar-refractivity contribution in [3.63, 3.8) is 0 Å². The molecule has 0 fully saturated rings. The van der Waals surface area contributed by atoms with Crippen LogP contribution in [-0.4, -0.2) is 35.6 Å². The molecule has 3 nitrogen and oxygen atoms in total. The van der Waals surface area contributed by atoms with Gasteiger partial charge in [-0.1, -0.05) is 39.7 Å². The van der Waals surface area contributed by atoms with Crippen molar-refractivity contribution >= 4 is 5.97 Å². The second kappa shape index (κ2) is 10.3. The predicted octanol–water partition coefficient (Wildman–Crippen LogP) is 3.31. The van der Waals surface area contributed by atoms with Gasteiger partial charge in [0.25, 0.3) is 0 Å². The molecule has 0 heterocycles. The predicted molar refractivity (Wildman–Crippen MR) is 72.3 cm³/mol. The highest BCUT2D eigenvalue weighted by atomic mass is 16.4. The van der Waals surface area contributed by atoms with Crippen molar-refractivity contribution in [2.75, 3.05) is 19.6 Å². The van der Waals surface area contributed by atoms with Crippen LogP contribution < -0.4 is 0 Å². The lowest BCUT2D eigenvalue weighted by Gasteiger charge is -2.17. The van der Waals surface area contributed by atoms with Gasteiger partial charge in [0.15, 0.2) is 0 Å². The molecule has 3 heteroatoms.